The fraction of sp³-hybridized carbons (Fsp3) is 0.619. The predicted molar refractivity (Wildman–Crippen MR) is 102 cm³/mol. The molecule has 3 N–H and O–H groups in total. The van der Waals surface area contributed by atoms with Gasteiger partial charge in [-0.3, -0.25) is 9.59 Å². The van der Waals surface area contributed by atoms with Crippen LogP contribution in [0.3, 0.4) is 0 Å². The first-order chi connectivity index (χ1) is 12.0. The van der Waals surface area contributed by atoms with E-state index < -0.39 is 40.9 Å². The second-order valence-corrected chi connectivity index (χ2v) is 7.66. The monoisotopic (exact) mass is 364 g/mol. The van der Waals surface area contributed by atoms with E-state index in [1.807, 2.05) is 33.8 Å². The third kappa shape index (κ3) is 4.33. The topological polar surface area (TPSA) is 94.8 Å². The normalized spacial score (nSPS) is 25.0. The molecule has 0 unspecified atom stereocenters. The number of carbonyl (C=O) groups is 2. The Morgan fingerprint density at radius 1 is 1.23 bits per heavy atom. The smallest absolute Gasteiger partial charge is 0.176 e. The van der Waals surface area contributed by atoms with Crippen molar-refractivity contribution in [2.24, 2.45) is 11.8 Å². The highest BCUT2D eigenvalue weighted by atomic mass is 16.4. The van der Waals surface area contributed by atoms with Gasteiger partial charge in [0.15, 0.2) is 17.2 Å². The van der Waals surface area contributed by atoms with Gasteiger partial charge in [-0.15, -0.1) is 0 Å². The van der Waals surface area contributed by atoms with E-state index in [1.54, 1.807) is 19.9 Å². The van der Waals surface area contributed by atoms with Gasteiger partial charge in [0.05, 0.1) is 12.0 Å². The fourth-order valence-corrected chi connectivity index (χ4v) is 3.05. The second-order valence-electron chi connectivity index (χ2n) is 7.66. The summed E-state index contributed by atoms with van der Waals surface area (Å²) < 4.78 is 0. The maximum Gasteiger partial charge on any atom is 0.176 e. The van der Waals surface area contributed by atoms with E-state index in [-0.39, 0.29) is 18.4 Å². The van der Waals surface area contributed by atoms with Gasteiger partial charge in [0, 0.05) is 5.92 Å². The molecule has 0 radical (unpaired) electrons. The predicted octanol–water partition coefficient (Wildman–Crippen LogP) is 3.42. The summed E-state index contributed by atoms with van der Waals surface area (Å²) in [6, 6.07) is 0. The Bertz CT molecular complexity index is 649. The summed E-state index contributed by atoms with van der Waals surface area (Å²) in [6.45, 7) is 10.8. The fourth-order valence-electron chi connectivity index (χ4n) is 3.05. The zero-order chi connectivity index (χ0) is 20.2. The van der Waals surface area contributed by atoms with Crippen molar-refractivity contribution in [2.75, 3.05) is 0 Å². The van der Waals surface area contributed by atoms with Crippen LogP contribution in [0.5, 0.6) is 0 Å². The largest absolute Gasteiger partial charge is 0.508 e. The lowest BCUT2D eigenvalue weighted by Crippen LogP contribution is -2.49. The van der Waals surface area contributed by atoms with Gasteiger partial charge in [-0.1, -0.05) is 44.1 Å². The van der Waals surface area contributed by atoms with Gasteiger partial charge >= 0.3 is 0 Å². The Morgan fingerprint density at radius 3 is 2.27 bits per heavy atom. The van der Waals surface area contributed by atoms with Crippen molar-refractivity contribution in [1.29, 1.82) is 0 Å². The Morgan fingerprint density at radius 2 is 1.81 bits per heavy atom. The van der Waals surface area contributed by atoms with Crippen LogP contribution < -0.4 is 0 Å². The highest BCUT2D eigenvalue weighted by Gasteiger charge is 2.58. The van der Waals surface area contributed by atoms with Gasteiger partial charge < -0.3 is 15.3 Å². The van der Waals surface area contributed by atoms with Gasteiger partial charge in [0.2, 0.25) is 0 Å². The molecule has 0 bridgehead atoms. The zero-order valence-electron chi connectivity index (χ0n) is 16.7. The van der Waals surface area contributed by atoms with Crippen LogP contribution in [0.25, 0.3) is 0 Å². The average Bonchev–Trinajstić information content (AvgIpc) is 2.77. The number of aliphatic hydroxyl groups is 3. The molecule has 0 amide bonds. The minimum atomic E-state index is -2.16. The van der Waals surface area contributed by atoms with Crippen molar-refractivity contribution in [3.05, 3.63) is 34.6 Å². The summed E-state index contributed by atoms with van der Waals surface area (Å²) in [7, 11) is 0. The molecule has 1 rings (SSSR count). The molecular weight excluding hydrogens is 332 g/mol. The number of allylic oxidation sites excluding steroid dienone is 4. The van der Waals surface area contributed by atoms with Crippen molar-refractivity contribution >= 4 is 11.6 Å². The maximum absolute atomic E-state index is 12.9. The number of ketones is 2. The van der Waals surface area contributed by atoms with Crippen LogP contribution in [-0.2, 0) is 9.59 Å². The van der Waals surface area contributed by atoms with Crippen LogP contribution in [0.1, 0.15) is 60.8 Å². The van der Waals surface area contributed by atoms with E-state index in [0.29, 0.717) is 0 Å². The minimum absolute atomic E-state index is 0.0757. The molecule has 0 fully saturated rings. The van der Waals surface area contributed by atoms with Crippen LogP contribution in [0.4, 0.5) is 0 Å². The zero-order valence-corrected chi connectivity index (χ0v) is 16.7. The third-order valence-electron chi connectivity index (χ3n) is 5.00. The van der Waals surface area contributed by atoms with Crippen LogP contribution in [0.15, 0.2) is 34.6 Å². The Labute approximate surface area is 156 Å². The number of hydrogen-bond donors (Lipinski definition) is 3. The number of Topliss-reactive ketones (excluding diaryl/α,β-unsaturated/α-hetero) is 2. The van der Waals surface area contributed by atoms with Crippen molar-refractivity contribution in [2.45, 2.75) is 72.5 Å². The maximum atomic E-state index is 12.9. The Hall–Kier alpha value is -1.72. The molecule has 0 aromatic rings. The highest BCUT2D eigenvalue weighted by molar-refractivity contribution is 6.24. The van der Waals surface area contributed by atoms with Gasteiger partial charge in [-0.2, -0.15) is 0 Å². The highest BCUT2D eigenvalue weighted by Crippen LogP contribution is 2.43. The van der Waals surface area contributed by atoms with Gasteiger partial charge in [0.1, 0.15) is 11.3 Å². The van der Waals surface area contributed by atoms with Crippen molar-refractivity contribution < 1.29 is 24.9 Å². The molecule has 3 atom stereocenters. The molecule has 1 aliphatic rings. The molecule has 0 aromatic heterocycles. The summed E-state index contributed by atoms with van der Waals surface area (Å²) in [5, 5.41) is 32.4. The van der Waals surface area contributed by atoms with Crippen LogP contribution in [0, 0.1) is 11.8 Å². The van der Waals surface area contributed by atoms with Gasteiger partial charge in [-0.25, -0.2) is 0 Å². The van der Waals surface area contributed by atoms with E-state index in [9.17, 15) is 24.9 Å². The first-order valence-electron chi connectivity index (χ1n) is 9.19. The van der Waals surface area contributed by atoms with E-state index >= 15 is 0 Å². The van der Waals surface area contributed by atoms with E-state index in [2.05, 4.69) is 0 Å². The van der Waals surface area contributed by atoms with Crippen LogP contribution >= 0.6 is 0 Å². The first kappa shape index (κ1) is 22.3. The summed E-state index contributed by atoms with van der Waals surface area (Å²) >= 11 is 0. The second kappa shape index (κ2) is 8.78. The molecular formula is C21H32O5. The molecule has 0 aliphatic heterocycles. The molecule has 146 valence electrons. The van der Waals surface area contributed by atoms with Crippen LogP contribution in [-0.4, -0.2) is 38.6 Å². The Kier molecular flexibility index (Phi) is 7.54. The minimum Gasteiger partial charge on any atom is -0.508 e. The number of carbonyl (C=O) groups excluding carboxylic acids is 2. The Balaban J connectivity index is 3.41. The molecule has 5 heteroatoms. The quantitative estimate of drug-likeness (QED) is 0.453. The van der Waals surface area contributed by atoms with Crippen LogP contribution in [0.2, 0.25) is 0 Å². The molecule has 26 heavy (non-hydrogen) atoms. The van der Waals surface area contributed by atoms with E-state index in [0.717, 1.165) is 17.6 Å². The lowest BCUT2D eigenvalue weighted by Gasteiger charge is -2.33. The summed E-state index contributed by atoms with van der Waals surface area (Å²) in [5.74, 6) is -3.38. The summed E-state index contributed by atoms with van der Waals surface area (Å²) in [5.41, 5.74) is -0.557. The molecule has 0 aromatic carbocycles. The lowest BCUT2D eigenvalue weighted by molar-refractivity contribution is -0.134. The first-order valence-corrected chi connectivity index (χ1v) is 9.19. The van der Waals surface area contributed by atoms with Crippen molar-refractivity contribution in [3.8, 4) is 0 Å². The van der Waals surface area contributed by atoms with Crippen molar-refractivity contribution in [3.63, 3.8) is 0 Å². The van der Waals surface area contributed by atoms with Gasteiger partial charge in [0.25, 0.3) is 0 Å². The van der Waals surface area contributed by atoms with E-state index in [1.165, 1.54) is 0 Å². The lowest BCUT2D eigenvalue weighted by atomic mass is 9.80. The number of hydrogen-bond acceptors (Lipinski definition) is 5. The molecule has 5 nitrogen and oxygen atoms in total. The molecule has 0 heterocycles. The number of aliphatic hydroxyl groups excluding tert-OH is 2. The van der Waals surface area contributed by atoms with E-state index in [4.69, 9.17) is 0 Å². The molecule has 0 saturated carbocycles. The van der Waals surface area contributed by atoms with Crippen molar-refractivity contribution in [1.82, 2.24) is 0 Å². The molecule has 0 spiro atoms. The summed E-state index contributed by atoms with van der Waals surface area (Å²) in [4.78, 5) is 25.3. The SMILES string of the molecule is CC/C(C)=C/C[C@@H]1C(=O)C(C(=O)C(C)C)=C(O)[C@@]1(O)[C@H](O)CC=C(C)C. The third-order valence-corrected chi connectivity index (χ3v) is 5.00. The average molecular weight is 364 g/mol. The summed E-state index contributed by atoms with van der Waals surface area (Å²) in [6.07, 6.45) is 3.17. The molecule has 0 saturated heterocycles. The number of rotatable bonds is 8. The van der Waals surface area contributed by atoms with Gasteiger partial charge in [-0.05, 0) is 40.0 Å². The standard InChI is InChI=1S/C21H32O5/c1-7-14(6)9-10-15-19(24)17(18(23)13(4)5)20(25)21(15,26)16(22)11-8-12(2)3/h8-9,13,15-16,22,25-26H,7,10-11H2,1-6H3/b14-9+/t15-,16-,21+/m1/s1. The molecule has 1 aliphatic carbocycles.